The average Bonchev–Trinajstić information content (AvgIpc) is 2.42. The minimum atomic E-state index is -0.625. The molecular formula is C16H26FNO2. The van der Waals surface area contributed by atoms with Crippen molar-refractivity contribution in [3.05, 3.63) is 29.6 Å². The van der Waals surface area contributed by atoms with Crippen LogP contribution in [0.1, 0.15) is 38.2 Å². The van der Waals surface area contributed by atoms with Crippen LogP contribution in [0.2, 0.25) is 0 Å². The molecule has 0 saturated heterocycles. The maximum absolute atomic E-state index is 13.6. The summed E-state index contributed by atoms with van der Waals surface area (Å²) in [5, 5.41) is 12.7. The second kappa shape index (κ2) is 9.72. The van der Waals surface area contributed by atoms with Crippen LogP contribution < -0.4 is 5.32 Å². The lowest BCUT2D eigenvalue weighted by molar-refractivity contribution is 0.0416. The lowest BCUT2D eigenvalue weighted by Gasteiger charge is -2.15. The molecule has 0 fully saturated rings. The lowest BCUT2D eigenvalue weighted by Crippen LogP contribution is -2.25. The molecule has 0 aliphatic heterocycles. The first kappa shape index (κ1) is 16.9. The molecule has 3 nitrogen and oxygen atoms in total. The van der Waals surface area contributed by atoms with Crippen molar-refractivity contribution in [2.45, 2.75) is 45.6 Å². The maximum atomic E-state index is 13.6. The van der Waals surface area contributed by atoms with Crippen molar-refractivity contribution in [3.8, 4) is 0 Å². The summed E-state index contributed by atoms with van der Waals surface area (Å²) in [7, 11) is 0. The van der Waals surface area contributed by atoms with Gasteiger partial charge in [0.05, 0.1) is 18.4 Å². The summed E-state index contributed by atoms with van der Waals surface area (Å²) in [5.74, 6) is -0.294. The second-order valence-electron chi connectivity index (χ2n) is 5.10. The van der Waals surface area contributed by atoms with E-state index in [9.17, 15) is 9.50 Å². The van der Waals surface area contributed by atoms with Crippen molar-refractivity contribution in [3.63, 3.8) is 0 Å². The van der Waals surface area contributed by atoms with E-state index in [-0.39, 0.29) is 19.0 Å². The number of unbranched alkanes of at least 4 members (excludes halogenated alkanes) is 3. The molecule has 1 unspecified atom stereocenters. The van der Waals surface area contributed by atoms with E-state index in [1.54, 1.807) is 6.07 Å². The molecule has 0 heterocycles. The quantitative estimate of drug-likeness (QED) is 0.646. The van der Waals surface area contributed by atoms with Gasteiger partial charge in [0, 0.05) is 13.2 Å². The summed E-state index contributed by atoms with van der Waals surface area (Å²) >= 11 is 0. The van der Waals surface area contributed by atoms with E-state index < -0.39 is 6.10 Å². The average molecular weight is 283 g/mol. The van der Waals surface area contributed by atoms with Gasteiger partial charge < -0.3 is 15.2 Å². The highest BCUT2D eigenvalue weighted by atomic mass is 19.1. The third kappa shape index (κ3) is 6.35. The van der Waals surface area contributed by atoms with E-state index >= 15 is 0 Å². The maximum Gasteiger partial charge on any atom is 0.146 e. The molecule has 0 aliphatic carbocycles. The zero-order valence-electron chi connectivity index (χ0n) is 12.5. The molecule has 114 valence electrons. The first-order chi connectivity index (χ1) is 9.65. The molecule has 0 radical (unpaired) electrons. The minimum Gasteiger partial charge on any atom is -0.389 e. The molecule has 20 heavy (non-hydrogen) atoms. The number of aliphatic hydroxyl groups is 1. The fraction of sp³-hybridized carbons (Fsp3) is 0.625. The molecule has 1 aromatic rings. The number of aryl methyl sites for hydroxylation is 1. The molecule has 0 saturated carbocycles. The Labute approximate surface area is 121 Å². The second-order valence-corrected chi connectivity index (χ2v) is 5.10. The molecule has 0 spiro atoms. The van der Waals surface area contributed by atoms with Gasteiger partial charge in [0.15, 0.2) is 0 Å². The van der Waals surface area contributed by atoms with Crippen LogP contribution in [0.25, 0.3) is 0 Å². The third-order valence-corrected chi connectivity index (χ3v) is 3.19. The Morgan fingerprint density at radius 2 is 2.10 bits per heavy atom. The van der Waals surface area contributed by atoms with Gasteiger partial charge in [-0.15, -0.1) is 0 Å². The third-order valence-electron chi connectivity index (χ3n) is 3.19. The Kier molecular flexibility index (Phi) is 8.23. The standard InChI is InChI=1S/C16H26FNO2/c1-3-4-5-6-10-20-12-14(19)11-18-16-13(2)8-7-9-15(16)17/h7-9,14,18-19H,3-6,10-12H2,1-2H3. The van der Waals surface area contributed by atoms with E-state index in [2.05, 4.69) is 12.2 Å². The SMILES string of the molecule is CCCCCCOCC(O)CNc1c(C)cccc1F. The van der Waals surface area contributed by atoms with Gasteiger partial charge in [-0.1, -0.05) is 38.3 Å². The number of rotatable bonds is 10. The van der Waals surface area contributed by atoms with Crippen molar-refractivity contribution >= 4 is 5.69 Å². The summed E-state index contributed by atoms with van der Waals surface area (Å²) < 4.78 is 19.0. The number of halogens is 1. The van der Waals surface area contributed by atoms with Crippen LogP contribution in [0.4, 0.5) is 10.1 Å². The van der Waals surface area contributed by atoms with Gasteiger partial charge in [-0.3, -0.25) is 0 Å². The zero-order chi connectivity index (χ0) is 14.8. The highest BCUT2D eigenvalue weighted by Crippen LogP contribution is 2.18. The Hall–Kier alpha value is -1.13. The molecule has 0 aromatic heterocycles. The van der Waals surface area contributed by atoms with E-state index in [1.807, 2.05) is 13.0 Å². The zero-order valence-corrected chi connectivity index (χ0v) is 12.5. The Bertz CT molecular complexity index is 364. The number of para-hydroxylation sites is 1. The molecule has 4 heteroatoms. The van der Waals surface area contributed by atoms with Gasteiger partial charge in [0.1, 0.15) is 5.82 Å². The van der Waals surface area contributed by atoms with Crippen LogP contribution in [0.5, 0.6) is 0 Å². The monoisotopic (exact) mass is 283 g/mol. The van der Waals surface area contributed by atoms with Crippen LogP contribution in [0.15, 0.2) is 18.2 Å². The number of nitrogens with one attached hydrogen (secondary N) is 1. The molecule has 0 aliphatic rings. The van der Waals surface area contributed by atoms with Gasteiger partial charge in [0.2, 0.25) is 0 Å². The highest BCUT2D eigenvalue weighted by molar-refractivity contribution is 5.51. The van der Waals surface area contributed by atoms with Gasteiger partial charge in [-0.25, -0.2) is 4.39 Å². The van der Waals surface area contributed by atoms with E-state index in [0.29, 0.717) is 12.3 Å². The fourth-order valence-corrected chi connectivity index (χ4v) is 1.98. The predicted molar refractivity (Wildman–Crippen MR) is 80.6 cm³/mol. The summed E-state index contributed by atoms with van der Waals surface area (Å²) in [6.45, 7) is 5.25. The van der Waals surface area contributed by atoms with Crippen molar-refractivity contribution in [2.75, 3.05) is 25.1 Å². The lowest BCUT2D eigenvalue weighted by atomic mass is 10.2. The first-order valence-corrected chi connectivity index (χ1v) is 7.40. The molecule has 0 bridgehead atoms. The van der Waals surface area contributed by atoms with Gasteiger partial charge >= 0.3 is 0 Å². The van der Waals surface area contributed by atoms with Crippen LogP contribution in [0, 0.1) is 12.7 Å². The summed E-state index contributed by atoms with van der Waals surface area (Å²) in [6, 6.07) is 4.92. The number of aliphatic hydroxyl groups excluding tert-OH is 1. The summed E-state index contributed by atoms with van der Waals surface area (Å²) in [5.41, 5.74) is 1.28. The predicted octanol–water partition coefficient (Wildman–Crippen LogP) is 3.50. The number of hydrogen-bond acceptors (Lipinski definition) is 3. The van der Waals surface area contributed by atoms with Crippen LogP contribution >= 0.6 is 0 Å². The first-order valence-electron chi connectivity index (χ1n) is 7.40. The van der Waals surface area contributed by atoms with Crippen molar-refractivity contribution < 1.29 is 14.2 Å². The van der Waals surface area contributed by atoms with Gasteiger partial charge in [-0.05, 0) is 25.0 Å². The molecular weight excluding hydrogens is 257 g/mol. The fourth-order valence-electron chi connectivity index (χ4n) is 1.98. The molecule has 1 rings (SSSR count). The Balaban J connectivity index is 2.18. The van der Waals surface area contributed by atoms with E-state index in [1.165, 1.54) is 25.3 Å². The van der Waals surface area contributed by atoms with E-state index in [0.717, 1.165) is 12.0 Å². The molecule has 1 atom stereocenters. The van der Waals surface area contributed by atoms with Crippen LogP contribution in [-0.4, -0.2) is 31.0 Å². The molecule has 0 amide bonds. The number of benzene rings is 1. The number of ether oxygens (including phenoxy) is 1. The van der Waals surface area contributed by atoms with Crippen molar-refractivity contribution in [1.82, 2.24) is 0 Å². The number of anilines is 1. The smallest absolute Gasteiger partial charge is 0.146 e. The largest absolute Gasteiger partial charge is 0.389 e. The number of hydrogen-bond donors (Lipinski definition) is 2. The normalized spacial score (nSPS) is 12.4. The minimum absolute atomic E-state index is 0.284. The van der Waals surface area contributed by atoms with Gasteiger partial charge in [0.25, 0.3) is 0 Å². The van der Waals surface area contributed by atoms with Crippen molar-refractivity contribution in [2.24, 2.45) is 0 Å². The van der Waals surface area contributed by atoms with Crippen LogP contribution in [0.3, 0.4) is 0 Å². The summed E-state index contributed by atoms with van der Waals surface area (Å²) in [6.07, 6.45) is 3.99. The summed E-state index contributed by atoms with van der Waals surface area (Å²) in [4.78, 5) is 0. The highest BCUT2D eigenvalue weighted by Gasteiger charge is 2.08. The van der Waals surface area contributed by atoms with Gasteiger partial charge in [-0.2, -0.15) is 0 Å². The Morgan fingerprint density at radius 3 is 2.80 bits per heavy atom. The topological polar surface area (TPSA) is 41.5 Å². The van der Waals surface area contributed by atoms with Crippen molar-refractivity contribution in [1.29, 1.82) is 0 Å². The van der Waals surface area contributed by atoms with E-state index in [4.69, 9.17) is 4.74 Å². The van der Waals surface area contributed by atoms with Crippen LogP contribution in [-0.2, 0) is 4.74 Å². The molecule has 1 aromatic carbocycles. The Morgan fingerprint density at radius 1 is 1.30 bits per heavy atom. The molecule has 2 N–H and O–H groups in total.